The number of aromatic amines is 1. The van der Waals surface area contributed by atoms with Crippen LogP contribution in [0.2, 0.25) is 0 Å². The molecule has 0 spiro atoms. The zero-order valence-electron chi connectivity index (χ0n) is 15.2. The summed E-state index contributed by atoms with van der Waals surface area (Å²) in [7, 11) is 0. The second kappa shape index (κ2) is 7.08. The SMILES string of the molecule is CC(C)c1cc(-c2n[nH]c(=S)n2Cc2ccc3c(c2)OCCO3)ccc1O. The molecule has 1 aliphatic rings. The van der Waals surface area contributed by atoms with Crippen molar-refractivity contribution in [3.8, 4) is 28.6 Å². The quantitative estimate of drug-likeness (QED) is 0.659. The number of aromatic hydroxyl groups is 1. The molecule has 0 radical (unpaired) electrons. The molecule has 140 valence electrons. The minimum absolute atomic E-state index is 0.207. The number of nitrogens with zero attached hydrogens (tertiary/aromatic N) is 2. The van der Waals surface area contributed by atoms with Gasteiger partial charge in [-0.1, -0.05) is 19.9 Å². The Morgan fingerprint density at radius 2 is 1.93 bits per heavy atom. The summed E-state index contributed by atoms with van der Waals surface area (Å²) in [5.41, 5.74) is 2.83. The second-order valence-electron chi connectivity index (χ2n) is 6.84. The van der Waals surface area contributed by atoms with E-state index in [1.54, 1.807) is 6.07 Å². The number of ether oxygens (including phenoxy) is 2. The Balaban J connectivity index is 1.71. The van der Waals surface area contributed by atoms with Crippen molar-refractivity contribution in [2.45, 2.75) is 26.3 Å². The lowest BCUT2D eigenvalue weighted by Crippen LogP contribution is -2.15. The van der Waals surface area contributed by atoms with Gasteiger partial charge in [-0.05, 0) is 59.6 Å². The van der Waals surface area contributed by atoms with E-state index in [2.05, 4.69) is 10.2 Å². The highest BCUT2D eigenvalue weighted by Gasteiger charge is 2.16. The minimum atomic E-state index is 0.207. The molecular weight excluding hydrogens is 362 g/mol. The standard InChI is InChI=1S/C20H21N3O3S/c1-12(2)15-10-14(4-5-16(15)24)19-21-22-20(27)23(19)11-13-3-6-17-18(9-13)26-8-7-25-17/h3-6,9-10,12,24H,7-8,11H2,1-2H3,(H,22,27). The smallest absolute Gasteiger partial charge is 0.195 e. The van der Waals surface area contributed by atoms with Crippen LogP contribution in [0.4, 0.5) is 0 Å². The van der Waals surface area contributed by atoms with E-state index in [0.29, 0.717) is 30.3 Å². The average molecular weight is 383 g/mol. The van der Waals surface area contributed by atoms with Crippen LogP contribution in [0.3, 0.4) is 0 Å². The summed E-state index contributed by atoms with van der Waals surface area (Å²) in [4.78, 5) is 0. The third-order valence-corrected chi connectivity index (χ3v) is 4.92. The molecule has 0 bridgehead atoms. The third kappa shape index (κ3) is 3.42. The summed E-state index contributed by atoms with van der Waals surface area (Å²) in [5, 5.41) is 17.4. The number of H-pyrrole nitrogens is 1. The van der Waals surface area contributed by atoms with Gasteiger partial charge in [-0.2, -0.15) is 5.10 Å². The average Bonchev–Trinajstić information content (AvgIpc) is 3.02. The fourth-order valence-corrected chi connectivity index (χ4v) is 3.41. The van der Waals surface area contributed by atoms with E-state index in [1.807, 2.05) is 48.7 Å². The van der Waals surface area contributed by atoms with Crippen LogP contribution >= 0.6 is 12.2 Å². The number of hydrogen-bond donors (Lipinski definition) is 2. The van der Waals surface area contributed by atoms with Crippen molar-refractivity contribution in [3.63, 3.8) is 0 Å². The van der Waals surface area contributed by atoms with E-state index in [1.165, 1.54) is 0 Å². The van der Waals surface area contributed by atoms with Gasteiger partial charge >= 0.3 is 0 Å². The first-order chi connectivity index (χ1) is 13.0. The largest absolute Gasteiger partial charge is 0.508 e. The highest BCUT2D eigenvalue weighted by Crippen LogP contribution is 2.32. The van der Waals surface area contributed by atoms with Gasteiger partial charge in [-0.3, -0.25) is 9.67 Å². The van der Waals surface area contributed by atoms with Crippen LogP contribution in [-0.4, -0.2) is 33.1 Å². The van der Waals surface area contributed by atoms with Crippen molar-refractivity contribution in [2.24, 2.45) is 0 Å². The number of aromatic nitrogens is 3. The molecule has 0 unspecified atom stereocenters. The van der Waals surface area contributed by atoms with Gasteiger partial charge in [0, 0.05) is 5.56 Å². The number of phenolic OH excluding ortho intramolecular Hbond substituents is 1. The zero-order chi connectivity index (χ0) is 19.0. The monoisotopic (exact) mass is 383 g/mol. The number of nitrogens with one attached hydrogen (secondary N) is 1. The fourth-order valence-electron chi connectivity index (χ4n) is 3.21. The summed E-state index contributed by atoms with van der Waals surface area (Å²) in [5.74, 6) is 2.75. The Labute approximate surface area is 162 Å². The van der Waals surface area contributed by atoms with Crippen LogP contribution in [0.5, 0.6) is 17.2 Å². The van der Waals surface area contributed by atoms with Crippen LogP contribution in [0.1, 0.15) is 30.9 Å². The summed E-state index contributed by atoms with van der Waals surface area (Å²) in [6.07, 6.45) is 0. The second-order valence-corrected chi connectivity index (χ2v) is 7.23. The molecule has 27 heavy (non-hydrogen) atoms. The van der Waals surface area contributed by atoms with Crippen molar-refractivity contribution >= 4 is 12.2 Å². The molecule has 2 aromatic carbocycles. The molecule has 0 saturated heterocycles. The molecule has 1 aromatic heterocycles. The molecule has 0 saturated carbocycles. The van der Waals surface area contributed by atoms with Gasteiger partial charge < -0.3 is 14.6 Å². The predicted octanol–water partition coefficient (Wildman–Crippen LogP) is 4.26. The third-order valence-electron chi connectivity index (χ3n) is 4.61. The fraction of sp³-hybridized carbons (Fsp3) is 0.300. The number of fused-ring (bicyclic) bond motifs is 1. The van der Waals surface area contributed by atoms with E-state index in [9.17, 15) is 5.11 Å². The molecule has 3 aromatic rings. The highest BCUT2D eigenvalue weighted by molar-refractivity contribution is 7.71. The Bertz CT molecular complexity index is 1040. The first kappa shape index (κ1) is 17.6. The lowest BCUT2D eigenvalue weighted by Gasteiger charge is -2.19. The van der Waals surface area contributed by atoms with Crippen molar-refractivity contribution in [1.29, 1.82) is 0 Å². The number of hydrogen-bond acceptors (Lipinski definition) is 5. The van der Waals surface area contributed by atoms with Gasteiger partial charge in [-0.25, -0.2) is 0 Å². The van der Waals surface area contributed by atoms with Gasteiger partial charge in [0.1, 0.15) is 19.0 Å². The van der Waals surface area contributed by atoms with E-state index >= 15 is 0 Å². The molecule has 0 atom stereocenters. The number of phenols is 1. The Morgan fingerprint density at radius 3 is 2.70 bits per heavy atom. The van der Waals surface area contributed by atoms with Gasteiger partial charge in [0.2, 0.25) is 0 Å². The van der Waals surface area contributed by atoms with Gasteiger partial charge in [0.15, 0.2) is 22.1 Å². The first-order valence-electron chi connectivity index (χ1n) is 8.90. The van der Waals surface area contributed by atoms with Crippen molar-refractivity contribution in [2.75, 3.05) is 13.2 Å². The molecule has 4 rings (SSSR count). The lowest BCUT2D eigenvalue weighted by atomic mass is 9.99. The predicted molar refractivity (Wildman–Crippen MR) is 105 cm³/mol. The summed E-state index contributed by atoms with van der Waals surface area (Å²) in [6, 6.07) is 11.4. The molecule has 1 aliphatic heterocycles. The molecular formula is C20H21N3O3S. The Hall–Kier alpha value is -2.80. The van der Waals surface area contributed by atoms with Crippen molar-refractivity contribution in [3.05, 3.63) is 52.3 Å². The summed E-state index contributed by atoms with van der Waals surface area (Å²) in [6.45, 7) is 5.77. The molecule has 0 amide bonds. The van der Waals surface area contributed by atoms with Crippen LogP contribution < -0.4 is 9.47 Å². The molecule has 2 N–H and O–H groups in total. The maximum Gasteiger partial charge on any atom is 0.195 e. The van der Waals surface area contributed by atoms with E-state index in [-0.39, 0.29) is 5.92 Å². The number of rotatable bonds is 4. The van der Waals surface area contributed by atoms with Gasteiger partial charge in [0.25, 0.3) is 0 Å². The van der Waals surface area contributed by atoms with E-state index < -0.39 is 0 Å². The van der Waals surface area contributed by atoms with Gasteiger partial charge in [-0.15, -0.1) is 0 Å². The van der Waals surface area contributed by atoms with Crippen molar-refractivity contribution in [1.82, 2.24) is 14.8 Å². The first-order valence-corrected chi connectivity index (χ1v) is 9.31. The van der Waals surface area contributed by atoms with Gasteiger partial charge in [0.05, 0.1) is 6.54 Å². The molecule has 2 heterocycles. The molecule has 0 aliphatic carbocycles. The Kier molecular flexibility index (Phi) is 4.61. The van der Waals surface area contributed by atoms with Crippen LogP contribution in [0.25, 0.3) is 11.4 Å². The zero-order valence-corrected chi connectivity index (χ0v) is 16.0. The molecule has 0 fully saturated rings. The summed E-state index contributed by atoms with van der Waals surface area (Å²) < 4.78 is 13.7. The van der Waals surface area contributed by atoms with Crippen LogP contribution in [-0.2, 0) is 6.54 Å². The number of benzene rings is 2. The van der Waals surface area contributed by atoms with Crippen LogP contribution in [0.15, 0.2) is 36.4 Å². The Morgan fingerprint density at radius 1 is 1.15 bits per heavy atom. The highest BCUT2D eigenvalue weighted by atomic mass is 32.1. The maximum absolute atomic E-state index is 10.1. The molecule has 6 nitrogen and oxygen atoms in total. The lowest BCUT2D eigenvalue weighted by molar-refractivity contribution is 0.171. The minimum Gasteiger partial charge on any atom is -0.508 e. The van der Waals surface area contributed by atoms with E-state index in [4.69, 9.17) is 21.7 Å². The topological polar surface area (TPSA) is 72.3 Å². The summed E-state index contributed by atoms with van der Waals surface area (Å²) >= 11 is 5.44. The van der Waals surface area contributed by atoms with E-state index in [0.717, 1.165) is 34.0 Å². The van der Waals surface area contributed by atoms with Crippen molar-refractivity contribution < 1.29 is 14.6 Å². The normalized spacial score (nSPS) is 13.1. The maximum atomic E-state index is 10.1. The van der Waals surface area contributed by atoms with Crippen LogP contribution in [0, 0.1) is 4.77 Å². The molecule has 7 heteroatoms.